The molecule has 0 aromatic heterocycles. The lowest BCUT2D eigenvalue weighted by Gasteiger charge is -2.37. The van der Waals surface area contributed by atoms with Crippen molar-refractivity contribution in [3.8, 4) is 0 Å². The number of ether oxygens (including phenoxy) is 1. The molecule has 0 saturated heterocycles. The Morgan fingerprint density at radius 1 is 1.22 bits per heavy atom. The smallest absolute Gasteiger partial charge is 0.410 e. The summed E-state index contributed by atoms with van der Waals surface area (Å²) in [6.07, 6.45) is 3.39. The molecule has 1 rings (SSSR count). The summed E-state index contributed by atoms with van der Waals surface area (Å²) in [4.78, 5) is 13.8. The van der Waals surface area contributed by atoms with E-state index in [1.807, 2.05) is 40.7 Å². The van der Waals surface area contributed by atoms with Crippen molar-refractivity contribution in [1.82, 2.24) is 4.90 Å². The standard InChI is InChI=1S/C17H31BNO4/c1-15(2,3)22-14(20)19-11-8-9-13(10-12-19)18-23-17(6,7)16(4,5)21/h10,21H,8-9,11-12H2,1-7H3. The second kappa shape index (κ2) is 7.26. The first-order valence-electron chi connectivity index (χ1n) is 8.22. The SMILES string of the molecule is CC(C)(C)OC(=O)N1CC=C([B]OC(C)(C)C(C)(C)O)CCC1. The zero-order chi connectivity index (χ0) is 17.9. The van der Waals surface area contributed by atoms with Gasteiger partial charge in [-0.25, -0.2) is 4.79 Å². The lowest BCUT2D eigenvalue weighted by Crippen LogP contribution is -2.48. The molecule has 5 nitrogen and oxygen atoms in total. The van der Waals surface area contributed by atoms with Crippen molar-refractivity contribution in [1.29, 1.82) is 0 Å². The third kappa shape index (κ3) is 6.55. The number of rotatable bonds is 4. The Bertz CT molecular complexity index is 446. The van der Waals surface area contributed by atoms with Gasteiger partial charge in [0.05, 0.1) is 11.2 Å². The zero-order valence-corrected chi connectivity index (χ0v) is 15.6. The number of hydrogen-bond acceptors (Lipinski definition) is 4. The molecule has 1 N–H and O–H groups in total. The van der Waals surface area contributed by atoms with Crippen LogP contribution in [0.1, 0.15) is 61.3 Å². The number of carbonyl (C=O) groups excluding carboxylic acids is 1. The van der Waals surface area contributed by atoms with E-state index >= 15 is 0 Å². The average molecular weight is 324 g/mol. The lowest BCUT2D eigenvalue weighted by atomic mass is 9.80. The van der Waals surface area contributed by atoms with Crippen LogP contribution in [0, 0.1) is 0 Å². The minimum absolute atomic E-state index is 0.285. The van der Waals surface area contributed by atoms with Crippen LogP contribution in [0.25, 0.3) is 0 Å². The number of allylic oxidation sites excluding steroid dienone is 1. The van der Waals surface area contributed by atoms with Gasteiger partial charge in [0.25, 0.3) is 0 Å². The Labute approximate surface area is 141 Å². The minimum atomic E-state index is -0.947. The van der Waals surface area contributed by atoms with E-state index in [0.717, 1.165) is 18.3 Å². The minimum Gasteiger partial charge on any atom is -0.444 e. The van der Waals surface area contributed by atoms with Crippen LogP contribution in [0.5, 0.6) is 0 Å². The molecule has 1 aliphatic rings. The summed E-state index contributed by atoms with van der Waals surface area (Å²) >= 11 is 0. The summed E-state index contributed by atoms with van der Waals surface area (Å²) in [5.74, 6) is 0. The Morgan fingerprint density at radius 2 is 1.83 bits per heavy atom. The summed E-state index contributed by atoms with van der Waals surface area (Å²) in [6.45, 7) is 13.9. The molecule has 0 aromatic rings. The maximum Gasteiger partial charge on any atom is 0.410 e. The summed E-state index contributed by atoms with van der Waals surface area (Å²) < 4.78 is 11.2. The van der Waals surface area contributed by atoms with E-state index in [-0.39, 0.29) is 6.09 Å². The fourth-order valence-corrected chi connectivity index (χ4v) is 1.86. The molecule has 1 amide bonds. The van der Waals surface area contributed by atoms with Crippen LogP contribution in [0.2, 0.25) is 0 Å². The number of nitrogens with zero attached hydrogens (tertiary/aromatic N) is 1. The molecule has 0 unspecified atom stereocenters. The third-order valence-electron chi connectivity index (χ3n) is 4.10. The van der Waals surface area contributed by atoms with Crippen molar-refractivity contribution < 1.29 is 19.3 Å². The monoisotopic (exact) mass is 324 g/mol. The first kappa shape index (κ1) is 20.0. The Morgan fingerprint density at radius 3 is 2.35 bits per heavy atom. The van der Waals surface area contributed by atoms with E-state index in [1.165, 1.54) is 0 Å². The molecule has 0 bridgehead atoms. The lowest BCUT2D eigenvalue weighted by molar-refractivity contribution is -0.0897. The van der Waals surface area contributed by atoms with Crippen molar-refractivity contribution in [2.45, 2.75) is 78.1 Å². The van der Waals surface area contributed by atoms with Crippen LogP contribution < -0.4 is 0 Å². The molecule has 6 heteroatoms. The highest BCUT2D eigenvalue weighted by Gasteiger charge is 2.36. The van der Waals surface area contributed by atoms with Crippen LogP contribution in [0.4, 0.5) is 4.79 Å². The number of carbonyl (C=O) groups is 1. The Balaban J connectivity index is 2.60. The largest absolute Gasteiger partial charge is 0.444 e. The van der Waals surface area contributed by atoms with Gasteiger partial charge in [-0.2, -0.15) is 0 Å². The average Bonchev–Trinajstić information content (AvgIpc) is 2.58. The Hall–Kier alpha value is -1.01. The van der Waals surface area contributed by atoms with Gasteiger partial charge in [-0.3, -0.25) is 0 Å². The van der Waals surface area contributed by atoms with E-state index in [0.29, 0.717) is 13.1 Å². The highest BCUT2D eigenvalue weighted by molar-refractivity contribution is 6.38. The second-order valence-electron chi connectivity index (χ2n) is 8.11. The number of amides is 1. The first-order chi connectivity index (χ1) is 10.3. The molecule has 0 aromatic carbocycles. The maximum absolute atomic E-state index is 12.1. The van der Waals surface area contributed by atoms with Crippen LogP contribution in [0.3, 0.4) is 0 Å². The van der Waals surface area contributed by atoms with Crippen LogP contribution in [-0.2, 0) is 9.39 Å². The predicted molar refractivity (Wildman–Crippen MR) is 92.3 cm³/mol. The van der Waals surface area contributed by atoms with Crippen molar-refractivity contribution in [2.24, 2.45) is 0 Å². The van der Waals surface area contributed by atoms with Crippen molar-refractivity contribution in [3.63, 3.8) is 0 Å². The van der Waals surface area contributed by atoms with Gasteiger partial charge in [-0.15, -0.1) is 0 Å². The molecular formula is C17H31BNO4. The van der Waals surface area contributed by atoms with Gasteiger partial charge in [0.15, 0.2) is 0 Å². The number of aliphatic hydroxyl groups is 1. The van der Waals surface area contributed by atoms with Gasteiger partial charge in [-0.05, 0) is 61.3 Å². The maximum atomic E-state index is 12.1. The van der Waals surface area contributed by atoms with E-state index in [1.54, 1.807) is 26.2 Å². The fourth-order valence-electron chi connectivity index (χ4n) is 1.86. The summed E-state index contributed by atoms with van der Waals surface area (Å²) in [5, 5.41) is 10.1. The number of hydrogen-bond donors (Lipinski definition) is 1. The highest BCUT2D eigenvalue weighted by atomic mass is 16.6. The van der Waals surface area contributed by atoms with Gasteiger partial charge in [0, 0.05) is 13.1 Å². The van der Waals surface area contributed by atoms with E-state index in [4.69, 9.17) is 9.39 Å². The topological polar surface area (TPSA) is 59.0 Å². The molecule has 0 saturated carbocycles. The normalized spacial score (nSPS) is 17.4. The van der Waals surface area contributed by atoms with Crippen LogP contribution in [0.15, 0.2) is 11.5 Å². The van der Waals surface area contributed by atoms with Gasteiger partial charge in [0.2, 0.25) is 0 Å². The van der Waals surface area contributed by atoms with Crippen molar-refractivity contribution in [3.05, 3.63) is 11.5 Å². The highest BCUT2D eigenvalue weighted by Crippen LogP contribution is 2.25. The molecule has 0 atom stereocenters. The molecule has 0 spiro atoms. The fraction of sp³-hybridized carbons (Fsp3) is 0.824. The summed E-state index contributed by atoms with van der Waals surface area (Å²) in [7, 11) is 1.70. The first-order valence-corrected chi connectivity index (χ1v) is 8.22. The third-order valence-corrected chi connectivity index (χ3v) is 4.10. The van der Waals surface area contributed by atoms with Crippen molar-refractivity contribution >= 4 is 13.6 Å². The van der Waals surface area contributed by atoms with Crippen LogP contribution >= 0.6 is 0 Å². The molecule has 0 fully saturated rings. The van der Waals surface area contributed by atoms with Gasteiger partial charge in [0.1, 0.15) is 5.60 Å². The molecule has 131 valence electrons. The molecule has 1 aliphatic heterocycles. The molecule has 23 heavy (non-hydrogen) atoms. The molecule has 1 radical (unpaired) electrons. The van der Waals surface area contributed by atoms with Gasteiger partial charge >= 0.3 is 13.6 Å². The zero-order valence-electron chi connectivity index (χ0n) is 15.6. The second-order valence-corrected chi connectivity index (χ2v) is 8.11. The molecule has 0 aliphatic carbocycles. The van der Waals surface area contributed by atoms with E-state index in [9.17, 15) is 9.90 Å². The summed E-state index contributed by atoms with van der Waals surface area (Å²) in [5.41, 5.74) is -1.09. The molecular weight excluding hydrogens is 293 g/mol. The summed E-state index contributed by atoms with van der Waals surface area (Å²) in [6, 6.07) is 0. The van der Waals surface area contributed by atoms with Gasteiger partial charge in [-0.1, -0.05) is 11.5 Å². The Kier molecular flexibility index (Phi) is 6.33. The van der Waals surface area contributed by atoms with E-state index in [2.05, 4.69) is 0 Å². The quantitative estimate of drug-likeness (QED) is 0.808. The predicted octanol–water partition coefficient (Wildman–Crippen LogP) is 3.09. The molecule has 1 heterocycles. The van der Waals surface area contributed by atoms with Crippen molar-refractivity contribution in [2.75, 3.05) is 13.1 Å². The van der Waals surface area contributed by atoms with Gasteiger partial charge < -0.3 is 19.4 Å². The van der Waals surface area contributed by atoms with Crippen LogP contribution in [-0.4, -0.2) is 53.5 Å². The van der Waals surface area contributed by atoms with E-state index < -0.39 is 16.8 Å².